The second kappa shape index (κ2) is 14.7. The largest absolute Gasteiger partial charge is 0.462 e. The van der Waals surface area contributed by atoms with E-state index in [1.807, 2.05) is 31.2 Å². The van der Waals surface area contributed by atoms with Crippen molar-refractivity contribution in [3.63, 3.8) is 0 Å². The summed E-state index contributed by atoms with van der Waals surface area (Å²) in [6.45, 7) is 9.75. The van der Waals surface area contributed by atoms with Gasteiger partial charge in [-0.15, -0.1) is 0 Å². The van der Waals surface area contributed by atoms with Gasteiger partial charge in [0.1, 0.15) is 29.7 Å². The van der Waals surface area contributed by atoms with Crippen LogP contribution in [0.3, 0.4) is 0 Å². The van der Waals surface area contributed by atoms with Crippen LogP contribution in [-0.2, 0) is 30.0 Å². The van der Waals surface area contributed by atoms with Gasteiger partial charge in [-0.3, -0.25) is 14.3 Å². The fourth-order valence-corrected chi connectivity index (χ4v) is 6.24. The summed E-state index contributed by atoms with van der Waals surface area (Å²) in [4.78, 5) is 26.1. The maximum Gasteiger partial charge on any atom is 0.459 e. The Morgan fingerprint density at radius 3 is 2.60 bits per heavy atom. The number of esters is 1. The number of imidazole rings is 1. The minimum atomic E-state index is -4.13. The number of nitrogens with one attached hydrogen (secondary N) is 1. The highest BCUT2D eigenvalue weighted by Gasteiger charge is 2.34. The third-order valence-electron chi connectivity index (χ3n) is 6.67. The first kappa shape index (κ1) is 32.3. The van der Waals surface area contributed by atoms with Crippen LogP contribution in [0.2, 0.25) is 0 Å². The highest BCUT2D eigenvalue weighted by molar-refractivity contribution is 7.52. The summed E-state index contributed by atoms with van der Waals surface area (Å²) in [5, 5.41) is 3.63. The Morgan fingerprint density at radius 1 is 1.12 bits per heavy atom. The van der Waals surface area contributed by atoms with Crippen LogP contribution in [0.15, 0.2) is 48.8 Å². The fraction of sp³-hybridized carbons (Fsp3) is 0.467. The topological polar surface area (TPSA) is 153 Å². The molecule has 0 radical (unpaired) electrons. The number of ether oxygens (including phenoxy) is 2. The van der Waals surface area contributed by atoms with Crippen molar-refractivity contribution >= 4 is 41.5 Å². The van der Waals surface area contributed by atoms with Crippen LogP contribution >= 0.6 is 7.75 Å². The third-order valence-corrected chi connectivity index (χ3v) is 8.32. The zero-order valence-corrected chi connectivity index (χ0v) is 26.3. The minimum absolute atomic E-state index is 0.0301. The number of rotatable bonds is 16. The van der Waals surface area contributed by atoms with Gasteiger partial charge in [0, 0.05) is 18.2 Å². The van der Waals surface area contributed by atoms with Crippen molar-refractivity contribution in [2.75, 3.05) is 18.9 Å². The lowest BCUT2D eigenvalue weighted by Crippen LogP contribution is -2.36. The monoisotopic (exact) mass is 612 g/mol. The number of hydrogen-bond acceptors (Lipinski definition) is 10. The minimum Gasteiger partial charge on any atom is -0.462 e. The molecule has 0 amide bonds. The molecule has 13 heteroatoms. The number of hydrogen-bond donors (Lipinski definition) is 2. The average Bonchev–Trinajstić information content (AvgIpc) is 3.36. The van der Waals surface area contributed by atoms with Gasteiger partial charge in [-0.05, 0) is 52.3 Å². The molecule has 0 fully saturated rings. The molecule has 0 unspecified atom stereocenters. The molecule has 0 saturated heterocycles. The van der Waals surface area contributed by atoms with Crippen molar-refractivity contribution in [1.29, 1.82) is 0 Å². The van der Waals surface area contributed by atoms with Gasteiger partial charge in [-0.2, -0.15) is 5.09 Å². The molecule has 232 valence electrons. The van der Waals surface area contributed by atoms with Gasteiger partial charge >= 0.3 is 13.7 Å². The second-order valence-corrected chi connectivity index (χ2v) is 12.1. The first-order valence-electron chi connectivity index (χ1n) is 14.6. The predicted octanol–water partition coefficient (Wildman–Crippen LogP) is 5.96. The molecule has 4 rings (SSSR count). The van der Waals surface area contributed by atoms with Crippen LogP contribution in [0.1, 0.15) is 65.7 Å². The number of anilines is 1. The number of nitrogen functional groups attached to an aromatic ring is 1. The molecule has 0 aliphatic heterocycles. The van der Waals surface area contributed by atoms with Crippen molar-refractivity contribution in [3.8, 4) is 5.75 Å². The van der Waals surface area contributed by atoms with E-state index in [2.05, 4.69) is 26.5 Å². The molecule has 43 heavy (non-hydrogen) atoms. The zero-order valence-electron chi connectivity index (χ0n) is 25.4. The molecular weight excluding hydrogens is 571 g/mol. The summed E-state index contributed by atoms with van der Waals surface area (Å²) in [7, 11) is -4.13. The summed E-state index contributed by atoms with van der Waals surface area (Å²) in [6.07, 6.45) is 5.12. The van der Waals surface area contributed by atoms with E-state index >= 15 is 0 Å². The molecule has 0 aliphatic carbocycles. The second-order valence-electron chi connectivity index (χ2n) is 10.5. The van der Waals surface area contributed by atoms with Gasteiger partial charge in [-0.25, -0.2) is 14.5 Å². The number of aromatic nitrogens is 4. The molecule has 3 aromatic heterocycles. The van der Waals surface area contributed by atoms with Crippen molar-refractivity contribution in [3.05, 3.63) is 54.6 Å². The van der Waals surface area contributed by atoms with Gasteiger partial charge in [0.15, 0.2) is 5.82 Å². The van der Waals surface area contributed by atoms with E-state index in [1.165, 1.54) is 6.20 Å². The van der Waals surface area contributed by atoms with Crippen molar-refractivity contribution in [1.82, 2.24) is 24.6 Å². The first-order valence-corrected chi connectivity index (χ1v) is 16.1. The summed E-state index contributed by atoms with van der Waals surface area (Å²) in [5.74, 6) is 0.606. The Morgan fingerprint density at radius 2 is 1.91 bits per heavy atom. The lowest BCUT2D eigenvalue weighted by atomic mass is 10.1. The molecule has 0 aliphatic rings. The number of unbranched alkanes of at least 4 members (excludes halogenated alkanes) is 1. The van der Waals surface area contributed by atoms with Gasteiger partial charge < -0.3 is 24.3 Å². The maximum atomic E-state index is 14.2. The van der Waals surface area contributed by atoms with Crippen LogP contribution in [0, 0.1) is 0 Å². The first-order chi connectivity index (χ1) is 20.7. The quantitative estimate of drug-likeness (QED) is 0.114. The molecule has 0 spiro atoms. The summed E-state index contributed by atoms with van der Waals surface area (Å²) in [5.41, 5.74) is 8.49. The number of carbonyl (C=O) groups is 1. The molecule has 12 nitrogen and oxygen atoms in total. The van der Waals surface area contributed by atoms with E-state index in [0.29, 0.717) is 30.2 Å². The maximum absolute atomic E-state index is 14.2. The number of carbonyl (C=O) groups excluding carboxylic acids is 1. The molecular formula is C30H41N6O6P. The van der Waals surface area contributed by atoms with Gasteiger partial charge in [0.25, 0.3) is 0 Å². The smallest absolute Gasteiger partial charge is 0.459 e. The van der Waals surface area contributed by atoms with Crippen LogP contribution in [0.5, 0.6) is 5.75 Å². The number of pyridine rings is 2. The molecule has 0 bridgehead atoms. The van der Waals surface area contributed by atoms with E-state index in [0.717, 1.165) is 29.3 Å². The van der Waals surface area contributed by atoms with Crippen LogP contribution < -0.4 is 15.3 Å². The number of nitrogens with zero attached hydrogens (tertiary/aromatic N) is 4. The SMILES string of the molecule is CCCC[C@H](CO[P@](=O)(N[C@@H](C)C(=O)OC(C)C)Oc1cccnc1)n1c(COCC)nc2c(N)nc3ccccc3c21. The summed E-state index contributed by atoms with van der Waals surface area (Å²) >= 11 is 0. The molecule has 4 aromatic rings. The number of fused-ring (bicyclic) bond motifs is 3. The van der Waals surface area contributed by atoms with E-state index in [9.17, 15) is 9.36 Å². The Bertz CT molecular complexity index is 1560. The highest BCUT2D eigenvalue weighted by Crippen LogP contribution is 2.46. The lowest BCUT2D eigenvalue weighted by Gasteiger charge is -2.27. The fourth-order valence-electron chi connectivity index (χ4n) is 4.72. The Kier molecular flexibility index (Phi) is 11.1. The van der Waals surface area contributed by atoms with Crippen LogP contribution in [-0.4, -0.2) is 50.8 Å². The van der Waals surface area contributed by atoms with Gasteiger partial charge in [0.2, 0.25) is 0 Å². The summed E-state index contributed by atoms with van der Waals surface area (Å²) in [6, 6.07) is 9.68. The normalized spacial score (nSPS) is 14.6. The number of nitrogens with two attached hydrogens (primary N) is 1. The number of para-hydroxylation sites is 1. The molecule has 3 atom stereocenters. The zero-order chi connectivity index (χ0) is 31.0. The van der Waals surface area contributed by atoms with Crippen LogP contribution in [0.25, 0.3) is 21.9 Å². The highest BCUT2D eigenvalue weighted by atomic mass is 31.2. The number of benzene rings is 1. The molecule has 3 N–H and O–H groups in total. The third kappa shape index (κ3) is 8.08. The molecule has 0 saturated carbocycles. The Labute approximate surface area is 251 Å². The van der Waals surface area contributed by atoms with Gasteiger partial charge in [-0.1, -0.05) is 38.0 Å². The van der Waals surface area contributed by atoms with Gasteiger partial charge in [0.05, 0.1) is 36.0 Å². The van der Waals surface area contributed by atoms with E-state index in [4.69, 9.17) is 29.2 Å². The van der Waals surface area contributed by atoms with Crippen molar-refractivity contribution < 1.29 is 27.9 Å². The average molecular weight is 613 g/mol. The standard InChI is InChI=1S/C30H41N6O6P/c1-6-8-12-22(18-40-43(38,42-23-13-11-16-32-17-23)35-21(5)30(37)41-20(3)4)36-26(19-39-7-2)34-27-28(36)24-14-9-10-15-25(24)33-29(27)31/h9-11,13-17,20-22H,6-8,12,18-19H2,1-5H3,(H2,31,33)(H,35,38)/t21-,22+,43+/m0/s1. The Balaban J connectivity index is 1.76. The molecule has 3 heterocycles. The Hall–Kier alpha value is -3.57. The van der Waals surface area contributed by atoms with E-state index in [-0.39, 0.29) is 31.1 Å². The van der Waals surface area contributed by atoms with E-state index < -0.39 is 19.8 Å². The van der Waals surface area contributed by atoms with Crippen molar-refractivity contribution in [2.45, 2.75) is 78.7 Å². The van der Waals surface area contributed by atoms with E-state index in [1.54, 1.807) is 39.1 Å². The lowest BCUT2D eigenvalue weighted by molar-refractivity contribution is -0.149. The predicted molar refractivity (Wildman–Crippen MR) is 166 cm³/mol. The van der Waals surface area contributed by atoms with Crippen molar-refractivity contribution in [2.24, 2.45) is 0 Å². The van der Waals surface area contributed by atoms with Crippen LogP contribution in [0.4, 0.5) is 5.82 Å². The summed E-state index contributed by atoms with van der Waals surface area (Å²) < 4.78 is 39.4. The molecule has 1 aromatic carbocycles.